The van der Waals surface area contributed by atoms with Gasteiger partial charge in [-0.05, 0) is 32.2 Å². The minimum Gasteiger partial charge on any atom is -0.300 e. The number of ketones is 1. The van der Waals surface area contributed by atoms with Gasteiger partial charge in [-0.3, -0.25) is 9.69 Å². The van der Waals surface area contributed by atoms with Gasteiger partial charge in [0.1, 0.15) is 5.78 Å². The van der Waals surface area contributed by atoms with Gasteiger partial charge in [0.2, 0.25) is 0 Å². The van der Waals surface area contributed by atoms with Crippen LogP contribution in [0.25, 0.3) is 0 Å². The van der Waals surface area contributed by atoms with Crippen LogP contribution in [0.1, 0.15) is 51.9 Å². The van der Waals surface area contributed by atoms with E-state index in [0.29, 0.717) is 11.7 Å². The number of rotatable bonds is 4. The largest absolute Gasteiger partial charge is 0.300 e. The lowest BCUT2D eigenvalue weighted by Gasteiger charge is -2.24. The highest BCUT2D eigenvalue weighted by atomic mass is 16.1. The van der Waals surface area contributed by atoms with Crippen molar-refractivity contribution in [2.45, 2.75) is 57.9 Å². The molecule has 86 valence electrons. The van der Waals surface area contributed by atoms with E-state index in [1.807, 2.05) is 0 Å². The smallest absolute Gasteiger partial charge is 0.137 e. The Labute approximate surface area is 93.0 Å². The predicted octanol–water partition coefficient (Wildman–Crippen LogP) is 2.62. The normalized spacial score (nSPS) is 28.1. The van der Waals surface area contributed by atoms with Crippen molar-refractivity contribution in [3.63, 3.8) is 0 Å². The van der Waals surface area contributed by atoms with Crippen molar-refractivity contribution in [3.8, 4) is 0 Å². The fraction of sp³-hybridized carbons (Fsp3) is 0.923. The van der Waals surface area contributed by atoms with Gasteiger partial charge in [0, 0.05) is 24.9 Å². The molecule has 2 heteroatoms. The maximum Gasteiger partial charge on any atom is 0.137 e. The Kier molecular flexibility index (Phi) is 3.79. The Balaban J connectivity index is 1.86. The SMILES string of the molecule is CCN(CC1CCCCCC1=O)C1CC1. The summed E-state index contributed by atoms with van der Waals surface area (Å²) in [6, 6.07) is 0.811. The van der Waals surface area contributed by atoms with Gasteiger partial charge in [-0.2, -0.15) is 0 Å². The van der Waals surface area contributed by atoms with Crippen molar-refractivity contribution in [1.29, 1.82) is 0 Å². The van der Waals surface area contributed by atoms with Crippen LogP contribution in [0.5, 0.6) is 0 Å². The Bertz CT molecular complexity index is 223. The molecular weight excluding hydrogens is 186 g/mol. The van der Waals surface area contributed by atoms with E-state index in [9.17, 15) is 4.79 Å². The summed E-state index contributed by atoms with van der Waals surface area (Å²) in [6.07, 6.45) is 8.35. The Morgan fingerprint density at radius 1 is 1.20 bits per heavy atom. The van der Waals surface area contributed by atoms with Crippen LogP contribution in [0.2, 0.25) is 0 Å². The first-order valence-electron chi connectivity index (χ1n) is 6.58. The lowest BCUT2D eigenvalue weighted by molar-refractivity contribution is -0.123. The highest BCUT2D eigenvalue weighted by Gasteiger charge is 2.31. The van der Waals surface area contributed by atoms with Crippen molar-refractivity contribution in [2.24, 2.45) is 5.92 Å². The lowest BCUT2D eigenvalue weighted by Crippen LogP contribution is -2.34. The van der Waals surface area contributed by atoms with Crippen LogP contribution < -0.4 is 0 Å². The van der Waals surface area contributed by atoms with Gasteiger partial charge in [-0.1, -0.05) is 19.8 Å². The average Bonchev–Trinajstić information content (AvgIpc) is 3.04. The number of Topliss-reactive ketones (excluding diaryl/α,β-unsaturated/α-hetero) is 1. The molecule has 1 atom stereocenters. The molecule has 0 N–H and O–H groups in total. The maximum atomic E-state index is 11.9. The van der Waals surface area contributed by atoms with Crippen molar-refractivity contribution < 1.29 is 4.79 Å². The molecule has 2 aliphatic rings. The van der Waals surface area contributed by atoms with Crippen molar-refractivity contribution in [2.75, 3.05) is 13.1 Å². The van der Waals surface area contributed by atoms with Gasteiger partial charge in [0.25, 0.3) is 0 Å². The summed E-state index contributed by atoms with van der Waals surface area (Å²) >= 11 is 0. The molecule has 2 aliphatic carbocycles. The highest BCUT2D eigenvalue weighted by molar-refractivity contribution is 5.81. The summed E-state index contributed by atoms with van der Waals surface area (Å²) in [6.45, 7) is 4.38. The molecule has 1 unspecified atom stereocenters. The Morgan fingerprint density at radius 3 is 2.67 bits per heavy atom. The quantitative estimate of drug-likeness (QED) is 0.663. The molecule has 2 fully saturated rings. The first-order valence-corrected chi connectivity index (χ1v) is 6.58. The summed E-state index contributed by atoms with van der Waals surface area (Å²) in [5.41, 5.74) is 0. The second-order valence-corrected chi connectivity index (χ2v) is 5.08. The molecule has 0 aromatic rings. The Morgan fingerprint density at radius 2 is 2.00 bits per heavy atom. The van der Waals surface area contributed by atoms with E-state index in [-0.39, 0.29) is 0 Å². The van der Waals surface area contributed by atoms with E-state index in [1.165, 1.54) is 25.7 Å². The average molecular weight is 209 g/mol. The van der Waals surface area contributed by atoms with Gasteiger partial charge in [-0.15, -0.1) is 0 Å². The van der Waals surface area contributed by atoms with Gasteiger partial charge < -0.3 is 0 Å². The first kappa shape index (κ1) is 11.1. The van der Waals surface area contributed by atoms with Gasteiger partial charge in [-0.25, -0.2) is 0 Å². The summed E-state index contributed by atoms with van der Waals surface area (Å²) in [5, 5.41) is 0. The monoisotopic (exact) mass is 209 g/mol. The van der Waals surface area contributed by atoms with E-state index >= 15 is 0 Å². The van der Waals surface area contributed by atoms with E-state index in [4.69, 9.17) is 0 Å². The topological polar surface area (TPSA) is 20.3 Å². The number of nitrogens with zero attached hydrogens (tertiary/aromatic N) is 1. The van der Waals surface area contributed by atoms with Gasteiger partial charge >= 0.3 is 0 Å². The molecule has 0 heterocycles. The molecule has 15 heavy (non-hydrogen) atoms. The zero-order valence-electron chi connectivity index (χ0n) is 9.87. The third-order valence-corrected chi connectivity index (χ3v) is 3.86. The van der Waals surface area contributed by atoms with Crippen LogP contribution in [0.4, 0.5) is 0 Å². The molecule has 2 saturated carbocycles. The highest BCUT2D eigenvalue weighted by Crippen LogP contribution is 2.29. The van der Waals surface area contributed by atoms with Crippen LogP contribution in [0, 0.1) is 5.92 Å². The van der Waals surface area contributed by atoms with E-state index in [1.54, 1.807) is 0 Å². The molecule has 2 nitrogen and oxygen atoms in total. The molecule has 0 aromatic heterocycles. The third kappa shape index (κ3) is 3.04. The van der Waals surface area contributed by atoms with Gasteiger partial charge in [0.05, 0.1) is 0 Å². The van der Waals surface area contributed by atoms with Crippen molar-refractivity contribution in [1.82, 2.24) is 4.90 Å². The van der Waals surface area contributed by atoms with E-state index in [0.717, 1.165) is 38.4 Å². The third-order valence-electron chi connectivity index (χ3n) is 3.86. The fourth-order valence-corrected chi connectivity index (χ4v) is 2.68. The standard InChI is InChI=1S/C13H23NO/c1-2-14(12-8-9-12)10-11-6-4-3-5-7-13(11)15/h11-12H,2-10H2,1H3. The predicted molar refractivity (Wildman–Crippen MR) is 61.9 cm³/mol. The minimum absolute atomic E-state index is 0.355. The summed E-state index contributed by atoms with van der Waals surface area (Å²) in [5.74, 6) is 0.889. The molecule has 0 spiro atoms. The molecule has 0 bridgehead atoms. The minimum atomic E-state index is 0.355. The molecule has 0 saturated heterocycles. The van der Waals surface area contributed by atoms with Crippen molar-refractivity contribution >= 4 is 5.78 Å². The van der Waals surface area contributed by atoms with Crippen LogP contribution in [-0.4, -0.2) is 29.8 Å². The van der Waals surface area contributed by atoms with Crippen LogP contribution >= 0.6 is 0 Å². The number of hydrogen-bond donors (Lipinski definition) is 0. The summed E-state index contributed by atoms with van der Waals surface area (Å²) in [4.78, 5) is 14.4. The van der Waals surface area contributed by atoms with Crippen LogP contribution in [-0.2, 0) is 4.79 Å². The van der Waals surface area contributed by atoms with E-state index < -0.39 is 0 Å². The maximum absolute atomic E-state index is 11.9. The lowest BCUT2D eigenvalue weighted by atomic mass is 9.98. The van der Waals surface area contributed by atoms with Crippen LogP contribution in [0.3, 0.4) is 0 Å². The first-order chi connectivity index (χ1) is 7.31. The number of carbonyl (C=O) groups is 1. The molecule has 2 rings (SSSR count). The second-order valence-electron chi connectivity index (χ2n) is 5.08. The molecule has 0 aromatic carbocycles. The molecular formula is C13H23NO. The molecule has 0 radical (unpaired) electrons. The number of hydrogen-bond acceptors (Lipinski definition) is 2. The zero-order chi connectivity index (χ0) is 10.7. The summed E-state index contributed by atoms with van der Waals surface area (Å²) in [7, 11) is 0. The fourth-order valence-electron chi connectivity index (χ4n) is 2.68. The Hall–Kier alpha value is -0.370. The molecule has 0 amide bonds. The summed E-state index contributed by atoms with van der Waals surface area (Å²) < 4.78 is 0. The zero-order valence-corrected chi connectivity index (χ0v) is 9.87. The molecule has 0 aliphatic heterocycles. The van der Waals surface area contributed by atoms with Gasteiger partial charge in [0.15, 0.2) is 0 Å². The van der Waals surface area contributed by atoms with Crippen molar-refractivity contribution in [3.05, 3.63) is 0 Å². The van der Waals surface area contributed by atoms with E-state index in [2.05, 4.69) is 11.8 Å². The second kappa shape index (κ2) is 5.11. The number of carbonyl (C=O) groups excluding carboxylic acids is 1. The van der Waals surface area contributed by atoms with Crippen LogP contribution in [0.15, 0.2) is 0 Å².